The molecule has 280 valence electrons. The van der Waals surface area contributed by atoms with E-state index in [1.54, 1.807) is 22.7 Å². The van der Waals surface area contributed by atoms with Crippen molar-refractivity contribution in [1.82, 2.24) is 29.1 Å². The number of hydrogen-bond donors (Lipinski definition) is 0. The van der Waals surface area contributed by atoms with Crippen LogP contribution in [0.5, 0.6) is 0 Å². The maximum atomic E-state index is 5.49. The van der Waals surface area contributed by atoms with Gasteiger partial charge in [-0.2, -0.15) is 9.97 Å². The maximum absolute atomic E-state index is 5.49. The van der Waals surface area contributed by atoms with Crippen LogP contribution in [0.1, 0.15) is 0 Å². The quantitative estimate of drug-likeness (QED) is 0.174. The van der Waals surface area contributed by atoms with Crippen molar-refractivity contribution in [3.05, 3.63) is 182 Å². The van der Waals surface area contributed by atoms with Gasteiger partial charge in [-0.05, 0) is 48.5 Å². The highest BCUT2D eigenvalue weighted by atomic mass is 32.1. The van der Waals surface area contributed by atoms with Crippen molar-refractivity contribution in [3.8, 4) is 45.0 Å². The number of fused-ring (bicyclic) bond motifs is 11. The second-order valence-electron chi connectivity index (χ2n) is 15.0. The van der Waals surface area contributed by atoms with Crippen molar-refractivity contribution < 1.29 is 0 Å². The lowest BCUT2D eigenvalue weighted by molar-refractivity contribution is 0.954. The Labute approximate surface area is 350 Å². The normalized spacial score (nSPS) is 12.0. The summed E-state index contributed by atoms with van der Waals surface area (Å²) in [6, 6.07) is 64.2. The Hall–Kier alpha value is -7.52. The van der Waals surface area contributed by atoms with Crippen LogP contribution >= 0.6 is 22.7 Å². The summed E-state index contributed by atoms with van der Waals surface area (Å²) in [6.07, 6.45) is 0. The third kappa shape index (κ3) is 4.92. The first-order chi connectivity index (χ1) is 29.8. The van der Waals surface area contributed by atoms with Gasteiger partial charge in [-0.15, -0.1) is 22.7 Å². The van der Waals surface area contributed by atoms with Crippen molar-refractivity contribution in [2.24, 2.45) is 0 Å². The van der Waals surface area contributed by atoms with Crippen LogP contribution in [-0.2, 0) is 0 Å². The molecule has 0 saturated heterocycles. The summed E-state index contributed by atoms with van der Waals surface area (Å²) in [5, 5.41) is 7.90. The van der Waals surface area contributed by atoms with E-state index < -0.39 is 0 Å². The Morgan fingerprint density at radius 3 is 1.77 bits per heavy atom. The molecule has 0 fully saturated rings. The van der Waals surface area contributed by atoms with Gasteiger partial charge < -0.3 is 4.57 Å². The highest BCUT2D eigenvalue weighted by molar-refractivity contribution is 7.26. The second kappa shape index (κ2) is 13.0. The molecule has 0 aliphatic rings. The summed E-state index contributed by atoms with van der Waals surface area (Å²) in [5.74, 6) is 1.81. The number of nitrogens with zero attached hydrogens (tertiary/aromatic N) is 6. The van der Waals surface area contributed by atoms with Crippen molar-refractivity contribution in [2.45, 2.75) is 0 Å². The first-order valence-corrected chi connectivity index (χ1v) is 21.5. The van der Waals surface area contributed by atoms with E-state index in [0.29, 0.717) is 17.6 Å². The summed E-state index contributed by atoms with van der Waals surface area (Å²) in [6.45, 7) is 0. The predicted molar refractivity (Wildman–Crippen MR) is 251 cm³/mol. The van der Waals surface area contributed by atoms with Gasteiger partial charge in [0.25, 0.3) is 0 Å². The molecular formula is C52H30N6S2. The summed E-state index contributed by atoms with van der Waals surface area (Å²) in [5.41, 5.74) is 9.28. The Morgan fingerprint density at radius 2 is 0.967 bits per heavy atom. The fourth-order valence-electron chi connectivity index (χ4n) is 9.06. The largest absolute Gasteiger partial charge is 0.306 e. The average molecular weight is 803 g/mol. The highest BCUT2D eigenvalue weighted by Crippen LogP contribution is 2.45. The molecule has 0 aliphatic heterocycles. The predicted octanol–water partition coefficient (Wildman–Crippen LogP) is 14.0. The van der Waals surface area contributed by atoms with Gasteiger partial charge >= 0.3 is 0 Å². The monoisotopic (exact) mass is 802 g/mol. The number of aromatic nitrogens is 6. The minimum absolute atomic E-state index is 0.561. The molecule has 0 spiro atoms. The van der Waals surface area contributed by atoms with E-state index in [2.05, 4.69) is 173 Å². The molecule has 0 radical (unpaired) electrons. The number of rotatable bonds is 5. The molecule has 0 aliphatic carbocycles. The van der Waals surface area contributed by atoms with Gasteiger partial charge in [0.1, 0.15) is 5.01 Å². The zero-order valence-electron chi connectivity index (χ0n) is 31.8. The van der Waals surface area contributed by atoms with Gasteiger partial charge in [0.05, 0.1) is 38.0 Å². The fraction of sp³-hybridized carbons (Fsp3) is 0. The first kappa shape index (κ1) is 33.5. The zero-order chi connectivity index (χ0) is 39.3. The molecule has 5 aromatic heterocycles. The molecule has 60 heavy (non-hydrogen) atoms. The van der Waals surface area contributed by atoms with Gasteiger partial charge in [-0.3, -0.25) is 4.57 Å². The molecule has 13 rings (SSSR count). The van der Waals surface area contributed by atoms with E-state index in [4.69, 9.17) is 19.9 Å². The average Bonchev–Trinajstić information content (AvgIpc) is 4.08. The number of thiophene rings is 1. The van der Waals surface area contributed by atoms with Crippen LogP contribution in [-0.4, -0.2) is 29.1 Å². The molecule has 5 heterocycles. The molecule has 8 aromatic carbocycles. The van der Waals surface area contributed by atoms with Crippen LogP contribution in [0, 0.1) is 0 Å². The van der Waals surface area contributed by atoms with E-state index in [1.165, 1.54) is 20.2 Å². The number of thiazole rings is 1. The molecular weight excluding hydrogens is 773 g/mol. The minimum atomic E-state index is 0.561. The van der Waals surface area contributed by atoms with Gasteiger partial charge in [-0.1, -0.05) is 133 Å². The third-order valence-corrected chi connectivity index (χ3v) is 13.8. The molecule has 8 heteroatoms. The van der Waals surface area contributed by atoms with E-state index in [1.807, 2.05) is 18.2 Å². The van der Waals surface area contributed by atoms with Crippen molar-refractivity contribution in [3.63, 3.8) is 0 Å². The lowest BCUT2D eigenvalue weighted by Crippen LogP contribution is -2.07. The first-order valence-electron chi connectivity index (χ1n) is 19.9. The van der Waals surface area contributed by atoms with Crippen LogP contribution in [0.25, 0.3) is 119 Å². The van der Waals surface area contributed by atoms with Gasteiger partial charge in [0.15, 0.2) is 11.6 Å². The topological polar surface area (TPSA) is 61.4 Å². The van der Waals surface area contributed by atoms with Gasteiger partial charge in [0.2, 0.25) is 5.95 Å². The fourth-order valence-corrected chi connectivity index (χ4v) is 11.2. The molecule has 6 nitrogen and oxygen atoms in total. The smallest absolute Gasteiger partial charge is 0.238 e. The van der Waals surface area contributed by atoms with E-state index in [9.17, 15) is 0 Å². The molecule has 0 amide bonds. The Balaban J connectivity index is 1.17. The van der Waals surface area contributed by atoms with Gasteiger partial charge in [0, 0.05) is 58.4 Å². The van der Waals surface area contributed by atoms with Crippen molar-refractivity contribution in [1.29, 1.82) is 0 Å². The summed E-state index contributed by atoms with van der Waals surface area (Å²) < 4.78 is 8.31. The van der Waals surface area contributed by atoms with Crippen LogP contribution in [0.2, 0.25) is 0 Å². The third-order valence-electron chi connectivity index (χ3n) is 11.6. The number of benzene rings is 8. The van der Waals surface area contributed by atoms with Gasteiger partial charge in [-0.25, -0.2) is 9.97 Å². The van der Waals surface area contributed by atoms with Crippen molar-refractivity contribution in [2.75, 3.05) is 0 Å². The Kier molecular flexibility index (Phi) is 7.24. The van der Waals surface area contributed by atoms with Crippen LogP contribution in [0.15, 0.2) is 182 Å². The summed E-state index contributed by atoms with van der Waals surface area (Å²) >= 11 is 3.52. The molecule has 13 aromatic rings. The SMILES string of the molecule is c1ccc(-c2nc(-c3cccc4sc5ccccc5c34)nc(-n3c4ccccc4c4ccc5c6ccccc6n(-c6ccccc6-c6nc7ccccc7s6)c5c43)n2)cc1. The number of hydrogen-bond acceptors (Lipinski definition) is 6. The molecule has 0 saturated carbocycles. The second-order valence-corrected chi connectivity index (χ2v) is 17.1. The zero-order valence-corrected chi connectivity index (χ0v) is 33.5. The van der Waals surface area contributed by atoms with E-state index in [0.717, 1.165) is 81.2 Å². The molecule has 0 atom stereocenters. The number of para-hydroxylation sites is 4. The van der Waals surface area contributed by atoms with E-state index in [-0.39, 0.29) is 0 Å². The van der Waals surface area contributed by atoms with E-state index >= 15 is 0 Å². The molecule has 0 unspecified atom stereocenters. The molecule has 0 N–H and O–H groups in total. The Morgan fingerprint density at radius 1 is 0.367 bits per heavy atom. The maximum Gasteiger partial charge on any atom is 0.238 e. The lowest BCUT2D eigenvalue weighted by Gasteiger charge is -2.15. The minimum Gasteiger partial charge on any atom is -0.306 e. The summed E-state index contributed by atoms with van der Waals surface area (Å²) in [4.78, 5) is 21.3. The summed E-state index contributed by atoms with van der Waals surface area (Å²) in [7, 11) is 0. The standard InChI is InChI=1S/C52H30N6S2/c1-2-15-31(16-3-1)49-54-50(38-21-14-28-45-46(38)37-20-7-12-26-43(37)59-45)56-52(55-49)58-41-24-10-5-18-33(41)35-30-29-34-32-17-4-9-23-40(32)57(47(34)48(35)58)42-25-11-6-19-36(42)51-53-39-22-8-13-27-44(39)60-51/h1-30H. The Bertz CT molecular complexity index is 3820. The van der Waals surface area contributed by atoms with Crippen molar-refractivity contribution >= 4 is 96.7 Å². The van der Waals surface area contributed by atoms with Crippen LogP contribution in [0.4, 0.5) is 0 Å². The van der Waals surface area contributed by atoms with Crippen LogP contribution < -0.4 is 0 Å². The highest BCUT2D eigenvalue weighted by Gasteiger charge is 2.25. The lowest BCUT2D eigenvalue weighted by atomic mass is 10.1. The molecule has 0 bridgehead atoms. The van der Waals surface area contributed by atoms with Crippen LogP contribution in [0.3, 0.4) is 0 Å².